The Balaban J connectivity index is 0.00000208. The van der Waals surface area contributed by atoms with Crippen molar-refractivity contribution in [3.05, 3.63) is 71.8 Å². The van der Waals surface area contributed by atoms with Crippen molar-refractivity contribution in [3.63, 3.8) is 0 Å². The van der Waals surface area contributed by atoms with Crippen molar-refractivity contribution < 1.29 is 5.11 Å². The third-order valence-corrected chi connectivity index (χ3v) is 5.07. The lowest BCUT2D eigenvalue weighted by Crippen LogP contribution is -2.48. The number of hydrogen-bond acceptors (Lipinski definition) is 2. The Morgan fingerprint density at radius 3 is 2.04 bits per heavy atom. The highest BCUT2D eigenvalue weighted by molar-refractivity contribution is 5.85. The van der Waals surface area contributed by atoms with Gasteiger partial charge in [-0.3, -0.25) is 4.90 Å². The molecule has 0 aliphatic carbocycles. The fourth-order valence-electron chi connectivity index (χ4n) is 3.86. The molecule has 1 aliphatic rings. The molecule has 1 heterocycles. The van der Waals surface area contributed by atoms with E-state index in [9.17, 15) is 5.11 Å². The second-order valence-electron chi connectivity index (χ2n) is 6.55. The highest BCUT2D eigenvalue weighted by Crippen LogP contribution is 2.40. The minimum atomic E-state index is -0.938. The van der Waals surface area contributed by atoms with Crippen molar-refractivity contribution in [3.8, 4) is 0 Å². The van der Waals surface area contributed by atoms with Gasteiger partial charge in [-0.25, -0.2) is 0 Å². The molecule has 1 fully saturated rings. The molecule has 3 heteroatoms. The van der Waals surface area contributed by atoms with Gasteiger partial charge in [-0.15, -0.1) is 12.4 Å². The molecule has 0 aromatic heterocycles. The number of benzene rings is 2. The first-order chi connectivity index (χ1) is 11.3. The molecular formula is C21H28ClNO. The first-order valence-corrected chi connectivity index (χ1v) is 8.84. The van der Waals surface area contributed by atoms with Crippen molar-refractivity contribution in [1.82, 2.24) is 4.90 Å². The molecule has 0 amide bonds. The largest absolute Gasteiger partial charge is 0.379 e. The van der Waals surface area contributed by atoms with Gasteiger partial charge in [0.25, 0.3) is 0 Å². The number of aliphatic hydroxyl groups is 1. The van der Waals surface area contributed by atoms with Crippen LogP contribution in [0.5, 0.6) is 0 Å². The van der Waals surface area contributed by atoms with Crippen LogP contribution >= 0.6 is 12.4 Å². The highest BCUT2D eigenvalue weighted by atomic mass is 35.5. The van der Waals surface area contributed by atoms with E-state index in [1.165, 1.54) is 12.8 Å². The minimum absolute atomic E-state index is 0. The van der Waals surface area contributed by atoms with Gasteiger partial charge in [-0.1, -0.05) is 74.0 Å². The Morgan fingerprint density at radius 2 is 1.54 bits per heavy atom. The van der Waals surface area contributed by atoms with E-state index in [2.05, 4.69) is 36.1 Å². The van der Waals surface area contributed by atoms with E-state index >= 15 is 0 Å². The topological polar surface area (TPSA) is 23.5 Å². The molecule has 3 rings (SSSR count). The molecule has 2 nitrogen and oxygen atoms in total. The predicted molar refractivity (Wildman–Crippen MR) is 103 cm³/mol. The van der Waals surface area contributed by atoms with Crippen LogP contribution in [0.25, 0.3) is 0 Å². The van der Waals surface area contributed by atoms with Crippen molar-refractivity contribution in [2.45, 2.75) is 44.2 Å². The van der Waals surface area contributed by atoms with Gasteiger partial charge in [0.2, 0.25) is 0 Å². The van der Waals surface area contributed by atoms with Crippen LogP contribution in [-0.2, 0) is 5.60 Å². The molecular weight excluding hydrogens is 318 g/mol. The van der Waals surface area contributed by atoms with E-state index in [1.807, 2.05) is 36.4 Å². The molecule has 2 aromatic carbocycles. The van der Waals surface area contributed by atoms with E-state index in [0.717, 1.165) is 37.1 Å². The van der Waals surface area contributed by atoms with E-state index in [4.69, 9.17) is 0 Å². The van der Waals surface area contributed by atoms with Gasteiger partial charge < -0.3 is 5.11 Å². The Kier molecular flexibility index (Phi) is 6.85. The Labute approximate surface area is 151 Å². The lowest BCUT2D eigenvalue weighted by Gasteiger charge is -2.40. The molecule has 1 aliphatic heterocycles. The molecule has 0 spiro atoms. The van der Waals surface area contributed by atoms with Crippen LogP contribution in [0.15, 0.2) is 60.7 Å². The van der Waals surface area contributed by atoms with Gasteiger partial charge in [0.1, 0.15) is 5.60 Å². The number of unbranched alkanes of at least 4 members (excludes halogenated alkanes) is 1. The smallest absolute Gasteiger partial charge is 0.130 e. The summed E-state index contributed by atoms with van der Waals surface area (Å²) in [6.07, 6.45) is 4.59. The summed E-state index contributed by atoms with van der Waals surface area (Å²) in [5.41, 5.74) is 1.06. The molecule has 1 atom stereocenters. The molecule has 24 heavy (non-hydrogen) atoms. The van der Waals surface area contributed by atoms with Gasteiger partial charge in [0.05, 0.1) is 0 Å². The molecule has 2 aromatic rings. The number of hydrogen-bond donors (Lipinski definition) is 1. The minimum Gasteiger partial charge on any atom is -0.379 e. The van der Waals surface area contributed by atoms with Crippen LogP contribution in [-0.4, -0.2) is 29.1 Å². The number of nitrogens with zero attached hydrogens (tertiary/aromatic N) is 1. The van der Waals surface area contributed by atoms with Gasteiger partial charge in [-0.2, -0.15) is 0 Å². The number of halogens is 1. The Hall–Kier alpha value is -1.35. The molecule has 1 unspecified atom stereocenters. The average Bonchev–Trinajstić information content (AvgIpc) is 3.10. The second-order valence-corrected chi connectivity index (χ2v) is 6.55. The lowest BCUT2D eigenvalue weighted by molar-refractivity contribution is -0.00412. The fraction of sp³-hybridized carbons (Fsp3) is 0.429. The monoisotopic (exact) mass is 345 g/mol. The van der Waals surface area contributed by atoms with Crippen molar-refractivity contribution >= 4 is 12.4 Å². The van der Waals surface area contributed by atoms with Crippen LogP contribution < -0.4 is 0 Å². The summed E-state index contributed by atoms with van der Waals surface area (Å²) >= 11 is 0. The maximum Gasteiger partial charge on any atom is 0.130 e. The molecule has 0 radical (unpaired) electrons. The van der Waals surface area contributed by atoms with Crippen molar-refractivity contribution in [1.29, 1.82) is 0 Å². The normalized spacial score (nSPS) is 18.3. The first kappa shape index (κ1) is 19.0. The van der Waals surface area contributed by atoms with E-state index < -0.39 is 5.60 Å². The SMILES string of the molecule is CCCCN1CCCC1C(O)(c1ccccc1)c1ccccc1.Cl. The van der Waals surface area contributed by atoms with Crippen LogP contribution in [0, 0.1) is 0 Å². The summed E-state index contributed by atoms with van der Waals surface area (Å²) < 4.78 is 0. The van der Waals surface area contributed by atoms with Crippen LogP contribution in [0.2, 0.25) is 0 Å². The van der Waals surface area contributed by atoms with Crippen LogP contribution in [0.3, 0.4) is 0 Å². The van der Waals surface area contributed by atoms with Crippen molar-refractivity contribution in [2.24, 2.45) is 0 Å². The standard InChI is InChI=1S/C21H27NO.ClH/c1-2-3-16-22-17-10-15-20(22)21(23,18-11-6-4-7-12-18)19-13-8-5-9-14-19;/h4-9,11-14,20,23H,2-3,10,15-17H2,1H3;1H. The maximum atomic E-state index is 11.9. The second kappa shape index (κ2) is 8.66. The van der Waals surface area contributed by atoms with Gasteiger partial charge in [-0.05, 0) is 43.5 Å². The highest BCUT2D eigenvalue weighted by Gasteiger charge is 2.44. The third-order valence-electron chi connectivity index (χ3n) is 5.07. The molecule has 1 saturated heterocycles. The van der Waals surface area contributed by atoms with Gasteiger partial charge >= 0.3 is 0 Å². The number of likely N-dealkylation sites (tertiary alicyclic amines) is 1. The van der Waals surface area contributed by atoms with Crippen LogP contribution in [0.4, 0.5) is 0 Å². The van der Waals surface area contributed by atoms with Crippen molar-refractivity contribution in [2.75, 3.05) is 13.1 Å². The lowest BCUT2D eigenvalue weighted by atomic mass is 9.79. The first-order valence-electron chi connectivity index (χ1n) is 8.84. The quantitative estimate of drug-likeness (QED) is 0.826. The Morgan fingerprint density at radius 1 is 1.00 bits per heavy atom. The van der Waals surface area contributed by atoms with E-state index in [1.54, 1.807) is 0 Å². The summed E-state index contributed by atoms with van der Waals surface area (Å²) in [6, 6.07) is 20.5. The maximum absolute atomic E-state index is 11.9. The molecule has 1 N–H and O–H groups in total. The van der Waals surface area contributed by atoms with E-state index in [-0.39, 0.29) is 18.4 Å². The molecule has 0 bridgehead atoms. The fourth-order valence-corrected chi connectivity index (χ4v) is 3.86. The summed E-state index contributed by atoms with van der Waals surface area (Å²) in [4.78, 5) is 2.49. The predicted octanol–water partition coefficient (Wildman–Crippen LogP) is 4.61. The Bertz CT molecular complexity index is 562. The van der Waals surface area contributed by atoms with E-state index in [0.29, 0.717) is 0 Å². The summed E-state index contributed by atoms with van der Waals surface area (Å²) in [5, 5.41) is 11.9. The summed E-state index contributed by atoms with van der Waals surface area (Å²) in [5.74, 6) is 0. The zero-order valence-electron chi connectivity index (χ0n) is 14.4. The third kappa shape index (κ3) is 3.66. The zero-order chi connectivity index (χ0) is 16.1. The van der Waals surface area contributed by atoms with Gasteiger partial charge in [0.15, 0.2) is 0 Å². The molecule has 130 valence electrons. The average molecular weight is 346 g/mol. The van der Waals surface area contributed by atoms with Gasteiger partial charge in [0, 0.05) is 6.04 Å². The zero-order valence-corrected chi connectivity index (χ0v) is 15.2. The summed E-state index contributed by atoms with van der Waals surface area (Å²) in [6.45, 7) is 4.39. The summed E-state index contributed by atoms with van der Waals surface area (Å²) in [7, 11) is 0. The molecule has 0 saturated carbocycles. The number of rotatable bonds is 6. The van der Waals surface area contributed by atoms with Crippen LogP contribution in [0.1, 0.15) is 43.7 Å².